The van der Waals surface area contributed by atoms with Crippen LogP contribution < -0.4 is 11.1 Å². The smallest absolute Gasteiger partial charge is 0.137 e. The van der Waals surface area contributed by atoms with Gasteiger partial charge in [0.25, 0.3) is 0 Å². The molecule has 0 bridgehead atoms. The summed E-state index contributed by atoms with van der Waals surface area (Å²) in [6.07, 6.45) is 0. The van der Waals surface area contributed by atoms with Crippen molar-refractivity contribution in [2.45, 2.75) is 6.92 Å². The molecule has 4 heteroatoms. The minimum Gasteiger partial charge on any atom is -0.397 e. The maximum atomic E-state index is 13.1. The standard InChI is InChI=1S/C13H12BrFN2/c1-8-2-5-13(12(16)6-8)17-9-3-4-11(15)10(14)7-9/h2-7,17H,16H2,1H3. The molecule has 0 radical (unpaired) electrons. The van der Waals surface area contributed by atoms with Crippen LogP contribution in [0.5, 0.6) is 0 Å². The molecule has 17 heavy (non-hydrogen) atoms. The highest BCUT2D eigenvalue weighted by atomic mass is 79.9. The predicted molar refractivity (Wildman–Crippen MR) is 73.0 cm³/mol. The van der Waals surface area contributed by atoms with E-state index in [1.807, 2.05) is 25.1 Å². The Hall–Kier alpha value is -1.55. The van der Waals surface area contributed by atoms with E-state index in [9.17, 15) is 4.39 Å². The van der Waals surface area contributed by atoms with Crippen LogP contribution in [0.15, 0.2) is 40.9 Å². The minimum atomic E-state index is -0.285. The van der Waals surface area contributed by atoms with Gasteiger partial charge in [-0.15, -0.1) is 0 Å². The molecule has 2 aromatic carbocycles. The first-order valence-corrected chi connectivity index (χ1v) is 5.94. The number of aryl methyl sites for hydroxylation is 1. The predicted octanol–water partition coefficient (Wildman–Crippen LogP) is 4.22. The van der Waals surface area contributed by atoms with Crippen LogP contribution in [0, 0.1) is 12.7 Å². The van der Waals surface area contributed by atoms with Crippen LogP contribution in [0.3, 0.4) is 0 Å². The second-order valence-corrected chi connectivity index (χ2v) is 4.70. The second-order valence-electron chi connectivity index (χ2n) is 3.84. The fraction of sp³-hybridized carbons (Fsp3) is 0.0769. The maximum absolute atomic E-state index is 13.1. The lowest BCUT2D eigenvalue weighted by atomic mass is 10.2. The zero-order valence-corrected chi connectivity index (χ0v) is 10.9. The fourth-order valence-corrected chi connectivity index (χ4v) is 1.90. The van der Waals surface area contributed by atoms with Crippen molar-refractivity contribution >= 4 is 33.0 Å². The summed E-state index contributed by atoms with van der Waals surface area (Å²) in [7, 11) is 0. The molecule has 0 atom stereocenters. The Morgan fingerprint density at radius 3 is 2.59 bits per heavy atom. The summed E-state index contributed by atoms with van der Waals surface area (Å²) in [6.45, 7) is 1.98. The first-order chi connectivity index (χ1) is 8.06. The molecule has 0 saturated carbocycles. The number of hydrogen-bond donors (Lipinski definition) is 2. The molecule has 3 N–H and O–H groups in total. The minimum absolute atomic E-state index is 0.285. The van der Waals surface area contributed by atoms with Crippen molar-refractivity contribution in [3.05, 3.63) is 52.3 Å². The van der Waals surface area contributed by atoms with Gasteiger partial charge in [-0.1, -0.05) is 6.07 Å². The molecule has 2 nitrogen and oxygen atoms in total. The van der Waals surface area contributed by atoms with E-state index in [1.54, 1.807) is 12.1 Å². The van der Waals surface area contributed by atoms with Crippen LogP contribution in [0.25, 0.3) is 0 Å². The summed E-state index contributed by atoms with van der Waals surface area (Å²) in [4.78, 5) is 0. The Morgan fingerprint density at radius 1 is 1.18 bits per heavy atom. The number of halogens is 2. The number of hydrogen-bond acceptors (Lipinski definition) is 2. The van der Waals surface area contributed by atoms with Gasteiger partial charge in [0.1, 0.15) is 5.82 Å². The van der Waals surface area contributed by atoms with E-state index in [1.165, 1.54) is 6.07 Å². The average molecular weight is 295 g/mol. The van der Waals surface area contributed by atoms with Crippen molar-refractivity contribution in [2.75, 3.05) is 11.1 Å². The first kappa shape index (κ1) is 11.9. The molecular formula is C13H12BrFN2. The Kier molecular flexibility index (Phi) is 3.33. The van der Waals surface area contributed by atoms with Crippen molar-refractivity contribution in [3.8, 4) is 0 Å². The molecule has 0 heterocycles. The van der Waals surface area contributed by atoms with Gasteiger partial charge in [0, 0.05) is 5.69 Å². The van der Waals surface area contributed by atoms with Crippen molar-refractivity contribution in [3.63, 3.8) is 0 Å². The Bertz CT molecular complexity index is 555. The molecule has 0 aliphatic heterocycles. The molecule has 0 saturated heterocycles. The first-order valence-electron chi connectivity index (χ1n) is 5.14. The summed E-state index contributed by atoms with van der Waals surface area (Å²) >= 11 is 3.14. The zero-order valence-electron chi connectivity index (χ0n) is 9.30. The number of nitrogens with two attached hydrogens (primary N) is 1. The number of benzene rings is 2. The van der Waals surface area contributed by atoms with Gasteiger partial charge >= 0.3 is 0 Å². The van der Waals surface area contributed by atoms with Gasteiger partial charge in [-0.3, -0.25) is 0 Å². The number of rotatable bonds is 2. The van der Waals surface area contributed by atoms with Crippen LogP contribution >= 0.6 is 15.9 Å². The van der Waals surface area contributed by atoms with Crippen LogP contribution in [-0.2, 0) is 0 Å². The summed E-state index contributed by atoms with van der Waals surface area (Å²) in [6, 6.07) is 10.5. The average Bonchev–Trinajstić information content (AvgIpc) is 2.27. The van der Waals surface area contributed by atoms with Crippen molar-refractivity contribution in [1.29, 1.82) is 0 Å². The van der Waals surface area contributed by atoms with Gasteiger partial charge in [-0.2, -0.15) is 0 Å². The topological polar surface area (TPSA) is 38.0 Å². The molecule has 0 spiro atoms. The molecule has 0 amide bonds. The normalized spacial score (nSPS) is 10.3. The van der Waals surface area contributed by atoms with Gasteiger partial charge in [-0.05, 0) is 58.7 Å². The van der Waals surface area contributed by atoms with Crippen LogP contribution in [0.1, 0.15) is 5.56 Å². The number of anilines is 3. The van der Waals surface area contributed by atoms with Crippen molar-refractivity contribution < 1.29 is 4.39 Å². The van der Waals surface area contributed by atoms with Gasteiger partial charge < -0.3 is 11.1 Å². The number of nitrogens with one attached hydrogen (secondary N) is 1. The van der Waals surface area contributed by atoms with E-state index in [4.69, 9.17) is 5.73 Å². The lowest BCUT2D eigenvalue weighted by molar-refractivity contribution is 0.621. The van der Waals surface area contributed by atoms with E-state index in [0.717, 1.165) is 16.9 Å². The van der Waals surface area contributed by atoms with E-state index >= 15 is 0 Å². The van der Waals surface area contributed by atoms with E-state index in [0.29, 0.717) is 10.2 Å². The van der Waals surface area contributed by atoms with Gasteiger partial charge in [0.2, 0.25) is 0 Å². The Labute approximate surface area is 108 Å². The van der Waals surface area contributed by atoms with Gasteiger partial charge in [0.05, 0.1) is 15.8 Å². The third kappa shape index (κ3) is 2.77. The third-order valence-electron chi connectivity index (χ3n) is 2.41. The molecule has 0 aromatic heterocycles. The van der Waals surface area contributed by atoms with Crippen LogP contribution in [-0.4, -0.2) is 0 Å². The molecule has 0 fully saturated rings. The number of nitrogen functional groups attached to an aromatic ring is 1. The molecular weight excluding hydrogens is 283 g/mol. The SMILES string of the molecule is Cc1ccc(Nc2ccc(F)c(Br)c2)c(N)c1. The quantitative estimate of drug-likeness (QED) is 0.814. The van der Waals surface area contributed by atoms with E-state index in [-0.39, 0.29) is 5.82 Å². The molecule has 88 valence electrons. The highest BCUT2D eigenvalue weighted by molar-refractivity contribution is 9.10. The second kappa shape index (κ2) is 4.75. The highest BCUT2D eigenvalue weighted by Crippen LogP contribution is 2.26. The highest BCUT2D eigenvalue weighted by Gasteiger charge is 2.03. The van der Waals surface area contributed by atoms with E-state index < -0.39 is 0 Å². The molecule has 2 rings (SSSR count). The Morgan fingerprint density at radius 2 is 1.94 bits per heavy atom. The molecule has 2 aromatic rings. The molecule has 0 aliphatic carbocycles. The van der Waals surface area contributed by atoms with Crippen molar-refractivity contribution in [1.82, 2.24) is 0 Å². The fourth-order valence-electron chi connectivity index (χ4n) is 1.53. The third-order valence-corrected chi connectivity index (χ3v) is 3.01. The molecule has 0 aliphatic rings. The summed E-state index contributed by atoms with van der Waals surface area (Å²) in [5.41, 5.74) is 9.27. The van der Waals surface area contributed by atoms with Gasteiger partial charge in [-0.25, -0.2) is 4.39 Å². The molecule has 0 unspecified atom stereocenters. The van der Waals surface area contributed by atoms with Crippen LogP contribution in [0.4, 0.5) is 21.5 Å². The lowest BCUT2D eigenvalue weighted by Gasteiger charge is -2.10. The van der Waals surface area contributed by atoms with Gasteiger partial charge in [0.15, 0.2) is 0 Å². The van der Waals surface area contributed by atoms with Crippen molar-refractivity contribution in [2.24, 2.45) is 0 Å². The Balaban J connectivity index is 2.28. The summed E-state index contributed by atoms with van der Waals surface area (Å²) in [5.74, 6) is -0.285. The summed E-state index contributed by atoms with van der Waals surface area (Å²) in [5, 5.41) is 3.15. The monoisotopic (exact) mass is 294 g/mol. The summed E-state index contributed by atoms with van der Waals surface area (Å²) < 4.78 is 13.5. The zero-order chi connectivity index (χ0) is 12.4. The lowest BCUT2D eigenvalue weighted by Crippen LogP contribution is -1.97. The van der Waals surface area contributed by atoms with Crippen LogP contribution in [0.2, 0.25) is 0 Å². The maximum Gasteiger partial charge on any atom is 0.137 e. The largest absolute Gasteiger partial charge is 0.397 e. The van der Waals surface area contributed by atoms with E-state index in [2.05, 4.69) is 21.2 Å².